The lowest BCUT2D eigenvalue weighted by Crippen LogP contribution is -2.49. The van der Waals surface area contributed by atoms with E-state index < -0.39 is 30.3 Å². The molecule has 1 saturated heterocycles. The van der Waals surface area contributed by atoms with Gasteiger partial charge >= 0.3 is 0 Å². The summed E-state index contributed by atoms with van der Waals surface area (Å²) >= 11 is 0. The number of benzene rings is 1. The minimum absolute atomic E-state index is 0.0130. The van der Waals surface area contributed by atoms with Gasteiger partial charge in [0.1, 0.15) is 18.3 Å². The molecular formula is C28H35F2N5O4. The number of amides is 3. The molecule has 1 unspecified atom stereocenters. The zero-order valence-corrected chi connectivity index (χ0v) is 21.9. The van der Waals surface area contributed by atoms with E-state index >= 15 is 0 Å². The number of rotatable bonds is 7. The standard InChI is InChI=1S/C28H35F2N5O4/c29-23(30)17-35-22(10-13-31-35)25(36)34-24(18-6-4-2-1-3-5-7-18)26(37)32-19-8-9-20-21(16-19)33-27(38)28(20)11-14-39-15-12-28/h8-10,13,16,18,23-24H,1-7,11-12,14-15,17H2,(H,32,37)(H,33,38)(H,34,36). The Labute approximate surface area is 226 Å². The molecule has 3 N–H and O–H groups in total. The van der Waals surface area contributed by atoms with Crippen LogP contribution in [0.5, 0.6) is 0 Å². The van der Waals surface area contributed by atoms with E-state index in [9.17, 15) is 23.2 Å². The van der Waals surface area contributed by atoms with Gasteiger partial charge in [-0.1, -0.05) is 38.2 Å². The highest BCUT2D eigenvalue weighted by Crippen LogP contribution is 2.45. The number of anilines is 2. The third-order valence-electron chi connectivity index (χ3n) is 8.28. The molecule has 1 aliphatic carbocycles. The number of aromatic nitrogens is 2. The molecule has 210 valence electrons. The summed E-state index contributed by atoms with van der Waals surface area (Å²) < 4.78 is 32.4. The number of halogens is 2. The first-order chi connectivity index (χ1) is 18.9. The summed E-state index contributed by atoms with van der Waals surface area (Å²) in [5.41, 5.74) is 1.47. The normalized spacial score (nSPS) is 20.1. The van der Waals surface area contributed by atoms with Crippen molar-refractivity contribution in [3.63, 3.8) is 0 Å². The first-order valence-corrected chi connectivity index (χ1v) is 13.8. The fourth-order valence-electron chi connectivity index (χ4n) is 6.18. The first-order valence-electron chi connectivity index (χ1n) is 13.8. The van der Waals surface area contributed by atoms with Gasteiger partial charge < -0.3 is 20.7 Å². The molecular weight excluding hydrogens is 508 g/mol. The van der Waals surface area contributed by atoms with E-state index in [-0.39, 0.29) is 23.4 Å². The summed E-state index contributed by atoms with van der Waals surface area (Å²) in [7, 11) is 0. The highest BCUT2D eigenvalue weighted by Gasteiger charge is 2.47. The second-order valence-electron chi connectivity index (χ2n) is 10.7. The molecule has 3 aliphatic rings. The highest BCUT2D eigenvalue weighted by atomic mass is 19.3. The zero-order valence-electron chi connectivity index (χ0n) is 21.9. The van der Waals surface area contributed by atoms with Crippen LogP contribution in [-0.2, 0) is 26.3 Å². The molecule has 1 spiro atoms. The van der Waals surface area contributed by atoms with E-state index in [1.807, 2.05) is 6.07 Å². The van der Waals surface area contributed by atoms with Crippen molar-refractivity contribution in [3.8, 4) is 0 Å². The molecule has 3 heterocycles. The molecule has 1 saturated carbocycles. The summed E-state index contributed by atoms with van der Waals surface area (Å²) in [4.78, 5) is 39.7. The van der Waals surface area contributed by atoms with Crippen molar-refractivity contribution in [1.82, 2.24) is 15.1 Å². The molecule has 5 rings (SSSR count). The van der Waals surface area contributed by atoms with Crippen LogP contribution in [0.4, 0.5) is 20.2 Å². The third kappa shape index (κ3) is 5.83. The maximum Gasteiger partial charge on any atom is 0.270 e. The molecule has 9 nitrogen and oxygen atoms in total. The fraction of sp³-hybridized carbons (Fsp3) is 0.571. The molecule has 2 aromatic rings. The second kappa shape index (κ2) is 11.8. The summed E-state index contributed by atoms with van der Waals surface area (Å²) in [5, 5.41) is 12.6. The van der Waals surface area contributed by atoms with E-state index in [2.05, 4.69) is 21.0 Å². The van der Waals surface area contributed by atoms with Crippen LogP contribution in [0, 0.1) is 5.92 Å². The largest absolute Gasteiger partial charge is 0.381 e. The lowest BCUT2D eigenvalue weighted by molar-refractivity contribution is -0.124. The Morgan fingerprint density at radius 1 is 1.10 bits per heavy atom. The monoisotopic (exact) mass is 543 g/mol. The van der Waals surface area contributed by atoms with Crippen LogP contribution in [-0.4, -0.2) is 53.2 Å². The zero-order chi connectivity index (χ0) is 27.4. The van der Waals surface area contributed by atoms with Crippen molar-refractivity contribution in [3.05, 3.63) is 41.7 Å². The Morgan fingerprint density at radius 2 is 1.82 bits per heavy atom. The van der Waals surface area contributed by atoms with Crippen molar-refractivity contribution in [1.29, 1.82) is 0 Å². The summed E-state index contributed by atoms with van der Waals surface area (Å²) in [6.07, 6.45) is 6.58. The highest BCUT2D eigenvalue weighted by molar-refractivity contribution is 6.07. The average Bonchev–Trinajstić information content (AvgIpc) is 3.45. The number of alkyl halides is 2. The number of carbonyl (C=O) groups excluding carboxylic acids is 3. The SMILES string of the molecule is O=C(NC(C(=O)Nc1ccc2c(c1)NC(=O)C21CCOCC1)C1CCCCCCC1)c1ccnn1CC(F)F. The minimum Gasteiger partial charge on any atom is -0.381 e. The van der Waals surface area contributed by atoms with E-state index in [0.29, 0.717) is 37.4 Å². The number of nitrogens with zero attached hydrogens (tertiary/aromatic N) is 2. The number of nitrogens with one attached hydrogen (secondary N) is 3. The predicted octanol–water partition coefficient (Wildman–Crippen LogP) is 4.25. The first kappa shape index (κ1) is 27.2. The minimum atomic E-state index is -2.67. The molecule has 11 heteroatoms. The van der Waals surface area contributed by atoms with E-state index in [0.717, 1.165) is 55.2 Å². The van der Waals surface area contributed by atoms with Gasteiger partial charge in [-0.25, -0.2) is 8.78 Å². The third-order valence-corrected chi connectivity index (χ3v) is 8.28. The smallest absolute Gasteiger partial charge is 0.270 e. The van der Waals surface area contributed by atoms with Gasteiger partial charge in [0.2, 0.25) is 11.8 Å². The number of hydrogen-bond acceptors (Lipinski definition) is 5. The van der Waals surface area contributed by atoms with E-state index in [4.69, 9.17) is 4.74 Å². The van der Waals surface area contributed by atoms with Crippen LogP contribution >= 0.6 is 0 Å². The Morgan fingerprint density at radius 3 is 2.54 bits per heavy atom. The van der Waals surface area contributed by atoms with Crippen molar-refractivity contribution in [2.75, 3.05) is 23.8 Å². The van der Waals surface area contributed by atoms with Gasteiger partial charge in [-0.15, -0.1) is 0 Å². The van der Waals surface area contributed by atoms with Gasteiger partial charge in [0.25, 0.3) is 12.3 Å². The number of fused-ring (bicyclic) bond motifs is 2. The molecule has 1 atom stereocenters. The molecule has 39 heavy (non-hydrogen) atoms. The number of ether oxygens (including phenoxy) is 1. The Bertz CT molecular complexity index is 1200. The summed E-state index contributed by atoms with van der Waals surface area (Å²) in [6.45, 7) is 0.333. The fourth-order valence-corrected chi connectivity index (χ4v) is 6.18. The number of hydrogen-bond donors (Lipinski definition) is 3. The van der Waals surface area contributed by atoms with Crippen molar-refractivity contribution in [2.24, 2.45) is 5.92 Å². The van der Waals surface area contributed by atoms with Crippen LogP contribution in [0.3, 0.4) is 0 Å². The van der Waals surface area contributed by atoms with Gasteiger partial charge in [0, 0.05) is 30.8 Å². The Balaban J connectivity index is 1.36. The maximum atomic E-state index is 13.7. The quantitative estimate of drug-likeness (QED) is 0.483. The molecule has 2 fully saturated rings. The van der Waals surface area contributed by atoms with Crippen molar-refractivity contribution < 1.29 is 27.9 Å². The molecule has 1 aromatic heterocycles. The lowest BCUT2D eigenvalue weighted by atomic mass is 9.75. The average molecular weight is 544 g/mol. The molecule has 3 amide bonds. The van der Waals surface area contributed by atoms with Crippen LogP contribution < -0.4 is 16.0 Å². The van der Waals surface area contributed by atoms with E-state index in [1.165, 1.54) is 12.3 Å². The van der Waals surface area contributed by atoms with Gasteiger partial charge in [0.15, 0.2) is 0 Å². The summed E-state index contributed by atoms with van der Waals surface area (Å²) in [5.74, 6) is -1.14. The predicted molar refractivity (Wildman–Crippen MR) is 141 cm³/mol. The van der Waals surface area contributed by atoms with Gasteiger partial charge in [-0.2, -0.15) is 5.10 Å². The molecule has 1 aromatic carbocycles. The van der Waals surface area contributed by atoms with Crippen molar-refractivity contribution >= 4 is 29.1 Å². The molecule has 2 aliphatic heterocycles. The molecule has 0 bridgehead atoms. The van der Waals surface area contributed by atoms with Crippen molar-refractivity contribution in [2.45, 2.75) is 82.2 Å². The maximum absolute atomic E-state index is 13.7. The summed E-state index contributed by atoms with van der Waals surface area (Å²) in [6, 6.07) is 5.93. The molecule has 0 radical (unpaired) electrons. The van der Waals surface area contributed by atoms with Gasteiger partial charge in [-0.05, 0) is 55.4 Å². The van der Waals surface area contributed by atoms with Gasteiger partial charge in [-0.3, -0.25) is 19.1 Å². The lowest BCUT2D eigenvalue weighted by Gasteiger charge is -2.31. The Kier molecular flexibility index (Phi) is 8.25. The topological polar surface area (TPSA) is 114 Å². The van der Waals surface area contributed by atoms with Crippen LogP contribution in [0.15, 0.2) is 30.5 Å². The van der Waals surface area contributed by atoms with E-state index in [1.54, 1.807) is 12.1 Å². The van der Waals surface area contributed by atoms with Crippen LogP contribution in [0.25, 0.3) is 0 Å². The van der Waals surface area contributed by atoms with Crippen LogP contribution in [0.2, 0.25) is 0 Å². The Hall–Kier alpha value is -3.34. The second-order valence-corrected chi connectivity index (χ2v) is 10.7. The number of carbonyl (C=O) groups is 3. The van der Waals surface area contributed by atoms with Crippen LogP contribution in [0.1, 0.15) is 73.8 Å². The van der Waals surface area contributed by atoms with Gasteiger partial charge in [0.05, 0.1) is 5.41 Å².